The van der Waals surface area contributed by atoms with E-state index in [-0.39, 0.29) is 0 Å². The van der Waals surface area contributed by atoms with Gasteiger partial charge in [-0.15, -0.1) is 0 Å². The Balaban J connectivity index is 2.31. The third-order valence-corrected chi connectivity index (χ3v) is 3.33. The van der Waals surface area contributed by atoms with E-state index in [1.54, 1.807) is 0 Å². The van der Waals surface area contributed by atoms with Crippen LogP contribution in [0, 0.1) is 0 Å². The molecule has 1 aliphatic heterocycles. The van der Waals surface area contributed by atoms with Crippen molar-refractivity contribution >= 4 is 5.69 Å². The first kappa shape index (κ1) is 8.76. The van der Waals surface area contributed by atoms with E-state index in [9.17, 15) is 0 Å². The van der Waals surface area contributed by atoms with E-state index in [1.165, 1.54) is 42.6 Å². The molecule has 0 atom stereocenters. The summed E-state index contributed by atoms with van der Waals surface area (Å²) in [5.41, 5.74) is 1.50. The quantitative estimate of drug-likeness (QED) is 0.608. The van der Waals surface area contributed by atoms with Gasteiger partial charge in [-0.3, -0.25) is 4.48 Å². The highest BCUT2D eigenvalue weighted by Gasteiger charge is 2.31. The zero-order valence-corrected chi connectivity index (χ0v) is 8.37. The van der Waals surface area contributed by atoms with Crippen molar-refractivity contribution < 1.29 is 0 Å². The summed E-state index contributed by atoms with van der Waals surface area (Å²) < 4.78 is 1.21. The molecule has 0 N–H and O–H groups in total. The molecule has 0 aromatic heterocycles. The van der Waals surface area contributed by atoms with Gasteiger partial charge in [-0.25, -0.2) is 0 Å². The number of benzene rings is 1. The maximum Gasteiger partial charge on any atom is 0.132 e. The van der Waals surface area contributed by atoms with E-state index in [0.717, 1.165) is 0 Å². The van der Waals surface area contributed by atoms with Crippen molar-refractivity contribution in [2.45, 2.75) is 19.8 Å². The summed E-state index contributed by atoms with van der Waals surface area (Å²) in [5.74, 6) is 0. The molecule has 70 valence electrons. The summed E-state index contributed by atoms with van der Waals surface area (Å²) in [7, 11) is 0. The van der Waals surface area contributed by atoms with E-state index >= 15 is 0 Å². The summed E-state index contributed by atoms with van der Waals surface area (Å²) in [5, 5.41) is 0. The van der Waals surface area contributed by atoms with Gasteiger partial charge in [0.1, 0.15) is 5.69 Å². The van der Waals surface area contributed by atoms with Crippen LogP contribution in [-0.4, -0.2) is 19.6 Å². The zero-order valence-electron chi connectivity index (χ0n) is 8.37. The van der Waals surface area contributed by atoms with E-state index in [4.69, 9.17) is 0 Å². The number of para-hydroxylation sites is 1. The van der Waals surface area contributed by atoms with Crippen LogP contribution < -0.4 is 4.48 Å². The molecule has 1 heterocycles. The Morgan fingerprint density at radius 1 is 1.08 bits per heavy atom. The van der Waals surface area contributed by atoms with Crippen LogP contribution in [0.2, 0.25) is 0 Å². The smallest absolute Gasteiger partial charge is 0.132 e. The predicted molar refractivity (Wildman–Crippen MR) is 57.7 cm³/mol. The Morgan fingerprint density at radius 2 is 1.69 bits per heavy atom. The highest BCUT2D eigenvalue weighted by molar-refractivity contribution is 5.43. The van der Waals surface area contributed by atoms with E-state index in [0.29, 0.717) is 0 Å². The van der Waals surface area contributed by atoms with Gasteiger partial charge in [-0.05, 0) is 19.1 Å². The molecule has 1 aromatic carbocycles. The van der Waals surface area contributed by atoms with E-state index in [1.807, 2.05) is 0 Å². The molecule has 1 saturated heterocycles. The molecular formula is C12H18N+. The Morgan fingerprint density at radius 3 is 2.23 bits per heavy atom. The average Bonchev–Trinajstić information content (AvgIpc) is 2.69. The molecule has 0 aliphatic carbocycles. The van der Waals surface area contributed by atoms with Crippen LogP contribution in [0.5, 0.6) is 0 Å². The van der Waals surface area contributed by atoms with Crippen LogP contribution in [-0.2, 0) is 0 Å². The van der Waals surface area contributed by atoms with E-state index < -0.39 is 0 Å². The highest BCUT2D eigenvalue weighted by atomic mass is 15.4. The van der Waals surface area contributed by atoms with Crippen LogP contribution in [0.25, 0.3) is 0 Å². The fourth-order valence-electron chi connectivity index (χ4n) is 2.44. The Bertz CT molecular complexity index is 260. The van der Waals surface area contributed by atoms with Gasteiger partial charge in [0.15, 0.2) is 0 Å². The third-order valence-electron chi connectivity index (χ3n) is 3.33. The van der Waals surface area contributed by atoms with Gasteiger partial charge in [-0.2, -0.15) is 0 Å². The fraction of sp³-hybridized carbons (Fsp3) is 0.500. The molecule has 0 unspecified atom stereocenters. The van der Waals surface area contributed by atoms with Crippen molar-refractivity contribution in [2.75, 3.05) is 19.6 Å². The lowest BCUT2D eigenvalue weighted by Crippen LogP contribution is -2.46. The minimum Gasteiger partial charge on any atom is -0.291 e. The van der Waals surface area contributed by atoms with Crippen molar-refractivity contribution in [3.8, 4) is 0 Å². The summed E-state index contributed by atoms with van der Waals surface area (Å²) in [4.78, 5) is 0. The lowest BCUT2D eigenvalue weighted by atomic mass is 10.2. The molecule has 0 bridgehead atoms. The Labute approximate surface area is 80.6 Å². The fourth-order valence-corrected chi connectivity index (χ4v) is 2.44. The molecule has 2 rings (SSSR count). The topological polar surface area (TPSA) is 0 Å². The van der Waals surface area contributed by atoms with E-state index in [2.05, 4.69) is 37.3 Å². The number of rotatable bonds is 2. The monoisotopic (exact) mass is 176 g/mol. The first-order chi connectivity index (χ1) is 6.37. The predicted octanol–water partition coefficient (Wildman–Crippen LogP) is 2.81. The molecule has 1 aliphatic rings. The largest absolute Gasteiger partial charge is 0.291 e. The highest BCUT2D eigenvalue weighted by Crippen LogP contribution is 2.28. The molecule has 0 saturated carbocycles. The maximum atomic E-state index is 2.30. The molecule has 0 spiro atoms. The number of hydrogen-bond donors (Lipinski definition) is 0. The van der Waals surface area contributed by atoms with Gasteiger partial charge in [0.25, 0.3) is 0 Å². The number of nitrogens with zero attached hydrogens (tertiary/aromatic N) is 1. The van der Waals surface area contributed by atoms with Crippen LogP contribution >= 0.6 is 0 Å². The average molecular weight is 176 g/mol. The van der Waals surface area contributed by atoms with Crippen molar-refractivity contribution in [3.05, 3.63) is 30.3 Å². The molecule has 0 amide bonds. The third kappa shape index (κ3) is 1.49. The standard InChI is InChI=1S/C12H18N/c1-2-13(10-6-7-11-13)12-8-4-3-5-9-12/h3-5,8-9H,2,6-7,10-11H2,1H3/q+1. The van der Waals surface area contributed by atoms with Crippen LogP contribution in [0.1, 0.15) is 19.8 Å². The molecule has 1 aromatic rings. The second-order valence-corrected chi connectivity index (χ2v) is 3.95. The van der Waals surface area contributed by atoms with Crippen molar-refractivity contribution in [1.29, 1.82) is 0 Å². The first-order valence-corrected chi connectivity index (χ1v) is 5.29. The van der Waals surface area contributed by atoms with Crippen LogP contribution in [0.15, 0.2) is 30.3 Å². The summed E-state index contributed by atoms with van der Waals surface area (Å²) >= 11 is 0. The van der Waals surface area contributed by atoms with Gasteiger partial charge in [-0.1, -0.05) is 18.2 Å². The summed E-state index contributed by atoms with van der Waals surface area (Å²) in [6.45, 7) is 6.21. The van der Waals surface area contributed by atoms with Gasteiger partial charge in [0.05, 0.1) is 19.6 Å². The molecule has 13 heavy (non-hydrogen) atoms. The van der Waals surface area contributed by atoms with Crippen molar-refractivity contribution in [3.63, 3.8) is 0 Å². The second kappa shape index (κ2) is 3.51. The molecule has 1 nitrogen and oxygen atoms in total. The maximum absolute atomic E-state index is 2.30. The number of hydrogen-bond acceptors (Lipinski definition) is 0. The number of likely N-dealkylation sites (tertiary alicyclic amines) is 1. The number of quaternary nitrogens is 1. The first-order valence-electron chi connectivity index (χ1n) is 5.29. The molecule has 1 fully saturated rings. The zero-order chi connectivity index (χ0) is 9.15. The van der Waals surface area contributed by atoms with Crippen molar-refractivity contribution in [2.24, 2.45) is 0 Å². The summed E-state index contributed by atoms with van der Waals surface area (Å²) in [6, 6.07) is 11.0. The van der Waals surface area contributed by atoms with Crippen molar-refractivity contribution in [1.82, 2.24) is 4.48 Å². The molecule has 1 heteroatoms. The van der Waals surface area contributed by atoms with Crippen LogP contribution in [0.4, 0.5) is 5.69 Å². The lowest BCUT2D eigenvalue weighted by molar-refractivity contribution is 0.351. The lowest BCUT2D eigenvalue weighted by Gasteiger charge is -2.32. The van der Waals surface area contributed by atoms with Gasteiger partial charge >= 0.3 is 0 Å². The molecular weight excluding hydrogens is 158 g/mol. The summed E-state index contributed by atoms with van der Waals surface area (Å²) in [6.07, 6.45) is 2.78. The minimum absolute atomic E-state index is 1.21. The van der Waals surface area contributed by atoms with Gasteiger partial charge < -0.3 is 0 Å². The molecule has 0 radical (unpaired) electrons. The SMILES string of the molecule is CC[N+]1(c2ccccc2)CCCC1. The normalized spacial score (nSPS) is 20.4. The van der Waals surface area contributed by atoms with Gasteiger partial charge in [0.2, 0.25) is 0 Å². The second-order valence-electron chi connectivity index (χ2n) is 3.95. The van der Waals surface area contributed by atoms with Gasteiger partial charge in [0, 0.05) is 12.8 Å². The minimum atomic E-state index is 1.21. The Hall–Kier alpha value is -0.820. The Kier molecular flexibility index (Phi) is 2.36. The van der Waals surface area contributed by atoms with Crippen LogP contribution in [0.3, 0.4) is 0 Å².